The van der Waals surface area contributed by atoms with Crippen molar-refractivity contribution in [2.45, 2.75) is 56.0 Å². The number of hydrogen-bond donors (Lipinski definition) is 3. The van der Waals surface area contributed by atoms with E-state index in [0.717, 1.165) is 25.7 Å². The lowest BCUT2D eigenvalue weighted by atomic mass is 9.96. The van der Waals surface area contributed by atoms with Crippen LogP contribution < -0.4 is 15.4 Å². The molecule has 0 unspecified atom stereocenters. The number of carbonyl (C=O) groups is 2. The zero-order chi connectivity index (χ0) is 20.9. The molecule has 2 amide bonds. The van der Waals surface area contributed by atoms with Crippen LogP contribution in [0.25, 0.3) is 0 Å². The molecule has 0 heterocycles. The molecule has 28 heavy (non-hydrogen) atoms. The molecule has 2 rings (SSSR count). The molecule has 1 fully saturated rings. The first-order valence-electron chi connectivity index (χ1n) is 9.41. The molecule has 1 saturated carbocycles. The maximum absolute atomic E-state index is 12.5. The zero-order valence-electron chi connectivity index (χ0n) is 16.9. The summed E-state index contributed by atoms with van der Waals surface area (Å²) in [4.78, 5) is 25.7. The van der Waals surface area contributed by atoms with E-state index in [-0.39, 0.29) is 22.2 Å². The Hall–Kier alpha value is -1.97. The summed E-state index contributed by atoms with van der Waals surface area (Å²) in [6, 6.07) is 4.87. The summed E-state index contributed by atoms with van der Waals surface area (Å²) in [5, 5.41) is 5.47. The van der Waals surface area contributed by atoms with Gasteiger partial charge in [-0.1, -0.05) is 12.8 Å². The fraction of sp³-hybridized carbons (Fsp3) is 0.579. The van der Waals surface area contributed by atoms with E-state index in [2.05, 4.69) is 20.3 Å². The molecule has 0 aliphatic heterocycles. The molecule has 0 radical (unpaired) electrons. The van der Waals surface area contributed by atoms with Crippen LogP contribution >= 0.6 is 0 Å². The minimum Gasteiger partial charge on any atom is -0.353 e. The number of likely N-dealkylation sites (N-methyl/N-ethyl adjacent to an activating group) is 1. The lowest BCUT2D eigenvalue weighted by Gasteiger charge is -2.36. The van der Waals surface area contributed by atoms with Crippen LogP contribution in [0.15, 0.2) is 29.2 Å². The van der Waals surface area contributed by atoms with Crippen LogP contribution in [0, 0.1) is 0 Å². The van der Waals surface area contributed by atoms with Crippen LogP contribution in [0.3, 0.4) is 0 Å². The summed E-state index contributed by atoms with van der Waals surface area (Å²) in [5.41, 5.74) is 0.441. The summed E-state index contributed by atoms with van der Waals surface area (Å²) >= 11 is 0. The number of amides is 2. The monoisotopic (exact) mass is 410 g/mol. The van der Waals surface area contributed by atoms with E-state index in [4.69, 9.17) is 0 Å². The average Bonchev–Trinajstić information content (AvgIpc) is 3.09. The van der Waals surface area contributed by atoms with Crippen molar-refractivity contribution < 1.29 is 18.0 Å². The molecule has 0 spiro atoms. The molecule has 1 aromatic rings. The van der Waals surface area contributed by atoms with Crippen molar-refractivity contribution in [3.8, 4) is 0 Å². The second-order valence-corrected chi connectivity index (χ2v) is 9.31. The third-order valence-electron chi connectivity index (χ3n) is 5.28. The minimum atomic E-state index is -3.85. The SMILES string of the molecule is CC(=O)Nc1ccc(S(=O)(=O)N[C@@H](C)C(=O)NCC2(N(C)C)CCCC2)cc1. The highest BCUT2D eigenvalue weighted by molar-refractivity contribution is 7.89. The molecule has 9 heteroatoms. The number of carbonyl (C=O) groups excluding carboxylic acids is 2. The number of benzene rings is 1. The van der Waals surface area contributed by atoms with Gasteiger partial charge in [0.05, 0.1) is 10.9 Å². The van der Waals surface area contributed by atoms with Gasteiger partial charge < -0.3 is 15.5 Å². The Balaban J connectivity index is 1.97. The molecule has 8 nitrogen and oxygen atoms in total. The molecule has 1 atom stereocenters. The van der Waals surface area contributed by atoms with Gasteiger partial charge in [0.25, 0.3) is 0 Å². The first-order valence-corrected chi connectivity index (χ1v) is 10.9. The maximum atomic E-state index is 12.5. The minimum absolute atomic E-state index is 0.0295. The molecular formula is C19H30N4O4S. The number of anilines is 1. The van der Waals surface area contributed by atoms with Gasteiger partial charge in [0.15, 0.2) is 0 Å². The maximum Gasteiger partial charge on any atom is 0.241 e. The van der Waals surface area contributed by atoms with Gasteiger partial charge in [-0.2, -0.15) is 4.72 Å². The summed E-state index contributed by atoms with van der Waals surface area (Å²) in [6.45, 7) is 3.39. The van der Waals surface area contributed by atoms with Crippen molar-refractivity contribution in [2.24, 2.45) is 0 Å². The zero-order valence-corrected chi connectivity index (χ0v) is 17.7. The van der Waals surface area contributed by atoms with Crippen LogP contribution in [0.4, 0.5) is 5.69 Å². The van der Waals surface area contributed by atoms with Crippen molar-refractivity contribution in [3.05, 3.63) is 24.3 Å². The van der Waals surface area contributed by atoms with E-state index in [1.807, 2.05) is 14.1 Å². The molecule has 3 N–H and O–H groups in total. The standard InChI is InChI=1S/C19H30N4O4S/c1-14(18(25)20-13-19(23(3)4)11-5-6-12-19)22-28(26,27)17-9-7-16(8-10-17)21-15(2)24/h7-10,14,22H,5-6,11-13H2,1-4H3,(H,20,25)(H,21,24)/t14-/m0/s1. The number of sulfonamides is 1. The fourth-order valence-electron chi connectivity index (χ4n) is 3.49. The van der Waals surface area contributed by atoms with Gasteiger partial charge in [0.1, 0.15) is 0 Å². The Bertz CT molecular complexity index is 800. The Morgan fingerprint density at radius 1 is 1.14 bits per heavy atom. The third-order valence-corrected chi connectivity index (χ3v) is 6.84. The Labute approximate surface area is 167 Å². The van der Waals surface area contributed by atoms with E-state index < -0.39 is 16.1 Å². The van der Waals surface area contributed by atoms with Gasteiger partial charge in [-0.3, -0.25) is 9.59 Å². The van der Waals surface area contributed by atoms with Gasteiger partial charge in [-0.15, -0.1) is 0 Å². The Morgan fingerprint density at radius 2 is 1.71 bits per heavy atom. The van der Waals surface area contributed by atoms with Gasteiger partial charge in [-0.05, 0) is 58.1 Å². The van der Waals surface area contributed by atoms with Gasteiger partial charge >= 0.3 is 0 Å². The van der Waals surface area contributed by atoms with Crippen LogP contribution in [0.2, 0.25) is 0 Å². The fourth-order valence-corrected chi connectivity index (χ4v) is 4.70. The van der Waals surface area contributed by atoms with E-state index >= 15 is 0 Å². The highest BCUT2D eigenvalue weighted by Crippen LogP contribution is 2.33. The lowest BCUT2D eigenvalue weighted by Crippen LogP contribution is -2.54. The first kappa shape index (κ1) is 22.3. The number of nitrogens with zero attached hydrogens (tertiary/aromatic N) is 1. The molecule has 156 valence electrons. The van der Waals surface area contributed by atoms with Crippen molar-refractivity contribution in [2.75, 3.05) is 26.0 Å². The molecule has 0 saturated heterocycles. The summed E-state index contributed by atoms with van der Waals surface area (Å²) in [5.74, 6) is -0.594. The van der Waals surface area contributed by atoms with Crippen molar-refractivity contribution >= 4 is 27.5 Å². The van der Waals surface area contributed by atoms with E-state index in [9.17, 15) is 18.0 Å². The predicted molar refractivity (Wildman–Crippen MR) is 108 cm³/mol. The van der Waals surface area contributed by atoms with Crippen molar-refractivity contribution in [1.82, 2.24) is 14.9 Å². The van der Waals surface area contributed by atoms with Gasteiger partial charge in [0.2, 0.25) is 21.8 Å². The van der Waals surface area contributed by atoms with Crippen LogP contribution in [-0.4, -0.2) is 57.4 Å². The number of rotatable bonds is 8. The average molecular weight is 411 g/mol. The molecular weight excluding hydrogens is 380 g/mol. The van der Waals surface area contributed by atoms with Crippen molar-refractivity contribution in [1.29, 1.82) is 0 Å². The van der Waals surface area contributed by atoms with Crippen LogP contribution in [0.5, 0.6) is 0 Å². The Morgan fingerprint density at radius 3 is 2.21 bits per heavy atom. The highest BCUT2D eigenvalue weighted by atomic mass is 32.2. The molecule has 1 aliphatic rings. The van der Waals surface area contributed by atoms with E-state index in [0.29, 0.717) is 12.2 Å². The third kappa shape index (κ3) is 5.52. The highest BCUT2D eigenvalue weighted by Gasteiger charge is 2.36. The smallest absolute Gasteiger partial charge is 0.241 e. The number of hydrogen-bond acceptors (Lipinski definition) is 5. The quantitative estimate of drug-likeness (QED) is 0.599. The van der Waals surface area contributed by atoms with E-state index in [1.54, 1.807) is 0 Å². The largest absolute Gasteiger partial charge is 0.353 e. The molecule has 1 aliphatic carbocycles. The molecule has 0 bridgehead atoms. The summed E-state index contributed by atoms with van der Waals surface area (Å²) in [7, 11) is 0.164. The summed E-state index contributed by atoms with van der Waals surface area (Å²) < 4.78 is 27.5. The van der Waals surface area contributed by atoms with Crippen LogP contribution in [-0.2, 0) is 19.6 Å². The second kappa shape index (κ2) is 9.02. The Kier molecular flexibility index (Phi) is 7.19. The molecule has 0 aromatic heterocycles. The van der Waals surface area contributed by atoms with Crippen LogP contribution in [0.1, 0.15) is 39.5 Å². The van der Waals surface area contributed by atoms with E-state index in [1.165, 1.54) is 38.1 Å². The lowest BCUT2D eigenvalue weighted by molar-refractivity contribution is -0.123. The second-order valence-electron chi connectivity index (χ2n) is 7.59. The van der Waals surface area contributed by atoms with Crippen molar-refractivity contribution in [3.63, 3.8) is 0 Å². The van der Waals surface area contributed by atoms with Gasteiger partial charge in [0, 0.05) is 24.7 Å². The van der Waals surface area contributed by atoms with Gasteiger partial charge in [-0.25, -0.2) is 8.42 Å². The predicted octanol–water partition coefficient (Wildman–Crippen LogP) is 1.30. The number of nitrogens with one attached hydrogen (secondary N) is 3. The summed E-state index contributed by atoms with van der Waals surface area (Å²) in [6.07, 6.45) is 4.29. The topological polar surface area (TPSA) is 108 Å². The molecule has 1 aromatic carbocycles. The first-order chi connectivity index (χ1) is 13.1. The normalized spacial score (nSPS) is 17.3.